The first kappa shape index (κ1) is 90.2. The van der Waals surface area contributed by atoms with Gasteiger partial charge < -0.3 is 75.7 Å². The second kappa shape index (κ2) is 45.2. The number of hydrogen-bond acceptors (Lipinski definition) is 14. The van der Waals surface area contributed by atoms with Gasteiger partial charge >= 0.3 is 0 Å². The van der Waals surface area contributed by atoms with E-state index in [0.29, 0.717) is 83.2 Å². The van der Waals surface area contributed by atoms with E-state index in [2.05, 4.69) is 58.5 Å². The Morgan fingerprint density at radius 1 is 0.333 bits per heavy atom. The van der Waals surface area contributed by atoms with E-state index in [4.69, 9.17) is 52.0 Å². The molecule has 12 amide bonds. The highest BCUT2D eigenvalue weighted by molar-refractivity contribution is 6.31. The Bertz CT molecular complexity index is 3240. The zero-order valence-electron chi connectivity index (χ0n) is 60.5. The molecule has 0 aromatic heterocycles. The summed E-state index contributed by atoms with van der Waals surface area (Å²) in [6.07, 6.45) is 3.11. The molecule has 0 fully saturated rings. The van der Waals surface area contributed by atoms with Gasteiger partial charge in [0.25, 0.3) is 0 Å². The predicted molar refractivity (Wildman–Crippen MR) is 398 cm³/mol. The summed E-state index contributed by atoms with van der Waals surface area (Å²) in [5.74, 6) is -11.2. The first-order valence-electron chi connectivity index (χ1n) is 35.0. The second-order valence-electron chi connectivity index (χ2n) is 26.5. The van der Waals surface area contributed by atoms with Crippen molar-refractivity contribution in [3.05, 3.63) is 105 Å². The van der Waals surface area contributed by atoms with Gasteiger partial charge in [-0.1, -0.05) is 180 Å². The number of carbonyl (C=O) groups is 12. The van der Waals surface area contributed by atoms with E-state index < -0.39 is 167 Å². The molecule has 102 heavy (non-hydrogen) atoms. The van der Waals surface area contributed by atoms with Crippen molar-refractivity contribution >= 4 is 106 Å². The van der Waals surface area contributed by atoms with Crippen LogP contribution in [0, 0.1) is 29.6 Å². The highest BCUT2D eigenvalue weighted by Gasteiger charge is 2.39. The second-order valence-corrected chi connectivity index (χ2v) is 27.8. The van der Waals surface area contributed by atoms with Crippen molar-refractivity contribution in [2.24, 2.45) is 46.8 Å². The monoisotopic (exact) mass is 1480 g/mol. The molecule has 568 valence electrons. The van der Waals surface area contributed by atoms with Crippen LogP contribution in [0.25, 0.3) is 0 Å². The summed E-state index contributed by atoms with van der Waals surface area (Å²) in [6.45, 7) is 22.4. The van der Waals surface area contributed by atoms with E-state index in [1.807, 2.05) is 20.8 Å². The maximum absolute atomic E-state index is 15.1. The van der Waals surface area contributed by atoms with Gasteiger partial charge in [-0.05, 0) is 129 Å². The highest BCUT2D eigenvalue weighted by Crippen LogP contribution is 2.20. The Kier molecular flexibility index (Phi) is 40.0. The van der Waals surface area contributed by atoms with Crippen molar-refractivity contribution in [1.82, 2.24) is 58.5 Å². The molecule has 17 atom stereocenters. The number of halogens is 3. The van der Waals surface area contributed by atoms with Crippen molar-refractivity contribution in [3.8, 4) is 0 Å². The molecule has 26 nitrogen and oxygen atoms in total. The van der Waals surface area contributed by atoms with Gasteiger partial charge in [-0.3, -0.25) is 57.5 Å². The lowest BCUT2D eigenvalue weighted by atomic mass is 9.93. The average molecular weight is 1490 g/mol. The van der Waals surface area contributed by atoms with Crippen LogP contribution in [0.1, 0.15) is 165 Å². The number of hydrogen-bond donors (Lipinski definition) is 14. The number of amides is 12. The molecule has 0 saturated carbocycles. The van der Waals surface area contributed by atoms with Crippen LogP contribution in [0.2, 0.25) is 15.1 Å². The largest absolute Gasteiger partial charge is 0.368 e. The Labute approximate surface area is 617 Å². The van der Waals surface area contributed by atoms with Crippen LogP contribution in [0.5, 0.6) is 0 Å². The minimum absolute atomic E-state index is 0. The summed E-state index contributed by atoms with van der Waals surface area (Å²) in [7, 11) is 0. The third-order valence-corrected chi connectivity index (χ3v) is 19.3. The molecule has 0 saturated heterocycles. The number of nitrogens with two attached hydrogens (primary N) is 3. The summed E-state index contributed by atoms with van der Waals surface area (Å²) < 4.78 is 0. The van der Waals surface area contributed by atoms with Crippen LogP contribution in [0.15, 0.2) is 72.8 Å². The van der Waals surface area contributed by atoms with Gasteiger partial charge in [-0.2, -0.15) is 0 Å². The van der Waals surface area contributed by atoms with Crippen molar-refractivity contribution in [1.29, 1.82) is 0 Å². The van der Waals surface area contributed by atoms with E-state index in [9.17, 15) is 47.9 Å². The first-order valence-corrected chi connectivity index (χ1v) is 36.1. The smallest absolute Gasteiger partial charge is 0.243 e. The van der Waals surface area contributed by atoms with Gasteiger partial charge in [0.1, 0.15) is 66.5 Å². The minimum atomic E-state index is -1.45. The quantitative estimate of drug-likeness (QED) is 0.0336. The van der Waals surface area contributed by atoms with Gasteiger partial charge in [-0.15, -0.1) is 0 Å². The summed E-state index contributed by atoms with van der Waals surface area (Å²) in [5.41, 5.74) is 19.0. The summed E-state index contributed by atoms with van der Waals surface area (Å²) in [4.78, 5) is 168. The fourth-order valence-electron chi connectivity index (χ4n) is 10.6. The third kappa shape index (κ3) is 29.4. The lowest BCUT2D eigenvalue weighted by molar-refractivity contribution is -0.137. The molecule has 0 aliphatic rings. The molecule has 0 bridgehead atoms. The molecular weight excluding hydrogens is 1370 g/mol. The first-order chi connectivity index (χ1) is 47.6. The maximum atomic E-state index is 15.1. The number of rotatable bonds is 43. The number of nitrogens with one attached hydrogen (secondary N) is 11. The van der Waals surface area contributed by atoms with Gasteiger partial charge in [0, 0.05) is 34.3 Å². The minimum Gasteiger partial charge on any atom is -0.368 e. The zero-order valence-corrected chi connectivity index (χ0v) is 62.8. The molecule has 0 aliphatic heterocycles. The molecule has 17 unspecified atom stereocenters. The highest BCUT2D eigenvalue weighted by atomic mass is 35.5. The van der Waals surface area contributed by atoms with E-state index in [1.165, 1.54) is 20.8 Å². The van der Waals surface area contributed by atoms with Gasteiger partial charge in [0.2, 0.25) is 70.9 Å². The Morgan fingerprint density at radius 2 is 0.578 bits per heavy atom. The van der Waals surface area contributed by atoms with E-state index in [0.717, 1.165) is 0 Å². The molecular formula is C73H113Cl3N14O12. The molecule has 0 heterocycles. The van der Waals surface area contributed by atoms with E-state index >= 15 is 9.59 Å². The van der Waals surface area contributed by atoms with Crippen LogP contribution in [0.4, 0.5) is 0 Å². The number of unbranched alkanes of at least 4 members (excludes halogenated alkanes) is 1. The maximum Gasteiger partial charge on any atom is 0.243 e. The molecule has 3 rings (SSSR count). The van der Waals surface area contributed by atoms with E-state index in [1.54, 1.807) is 121 Å². The standard InChI is InChI=1S/C72H109Cl3N14O12.CH4/c1-14-38(6)56(77)68(97)87-58(40(8)16-3)70(99)85-54(36-47-24-30-50(74)31-25-47)66(95)83-53(35-46-22-28-49(73)29-23-46)65(94)84-55(37-48-26-32-51(75)33-27-48)67(96)86-59(41(9)17-4)71(100)89-60(42(10)18-5)72(101)88-57(39(7)15-2)69(98)81-44(12)63(92)79-43(11)62(91)80-45(13)64(93)82-52(61(78)90)21-19-20-34-76;/h22-33,38-45,52-60H,14-21,34-37,76-77H2,1-13H3,(H2,78,90)(H,79,92)(H,80,91)(H,81,98)(H,82,93)(H,83,95)(H,84,94)(H,85,99)(H,86,96)(H,87,97)(H,88,101)(H,89,100);1H4. The third-order valence-electron chi connectivity index (χ3n) is 18.6. The predicted octanol–water partition coefficient (Wildman–Crippen LogP) is 4.88. The van der Waals surface area contributed by atoms with Crippen molar-refractivity contribution in [3.63, 3.8) is 0 Å². The lowest BCUT2D eigenvalue weighted by Gasteiger charge is -2.32. The molecule has 0 aliphatic carbocycles. The molecule has 3 aromatic rings. The lowest BCUT2D eigenvalue weighted by Crippen LogP contribution is -2.63. The number of benzene rings is 3. The molecule has 29 heteroatoms. The molecule has 3 aromatic carbocycles. The van der Waals surface area contributed by atoms with Gasteiger partial charge in [-0.25, -0.2) is 0 Å². The van der Waals surface area contributed by atoms with Gasteiger partial charge in [0.05, 0.1) is 6.04 Å². The topological polar surface area (TPSA) is 415 Å². The van der Waals surface area contributed by atoms with Crippen LogP contribution >= 0.6 is 34.8 Å². The Hall–Kier alpha value is -7.91. The van der Waals surface area contributed by atoms with Crippen LogP contribution in [-0.4, -0.2) is 150 Å². The zero-order chi connectivity index (χ0) is 76.0. The molecule has 0 spiro atoms. The van der Waals surface area contributed by atoms with Gasteiger partial charge in [0.15, 0.2) is 0 Å². The fraction of sp³-hybridized carbons (Fsp3) is 0.589. The molecule has 17 N–H and O–H groups in total. The Morgan fingerprint density at radius 3 is 0.882 bits per heavy atom. The van der Waals surface area contributed by atoms with E-state index in [-0.39, 0.29) is 39.0 Å². The summed E-state index contributed by atoms with van der Waals surface area (Å²) >= 11 is 18.9. The molecule has 0 radical (unpaired) electrons. The number of carbonyl (C=O) groups excluding carboxylic acids is 12. The normalized spacial score (nSPS) is 16.2. The average Bonchev–Trinajstić information content (AvgIpc) is 0.828. The van der Waals surface area contributed by atoms with Crippen molar-refractivity contribution in [2.45, 2.75) is 241 Å². The van der Waals surface area contributed by atoms with Crippen LogP contribution in [0.3, 0.4) is 0 Å². The summed E-state index contributed by atoms with van der Waals surface area (Å²) in [5, 5.41) is 31.2. The summed E-state index contributed by atoms with van der Waals surface area (Å²) in [6, 6.07) is 4.87. The number of primary amides is 1. The fourth-order valence-corrected chi connectivity index (χ4v) is 10.9. The van der Waals surface area contributed by atoms with Crippen LogP contribution in [-0.2, 0) is 76.8 Å². The van der Waals surface area contributed by atoms with Crippen molar-refractivity contribution < 1.29 is 57.5 Å². The Balaban J connectivity index is 0.0000354. The van der Waals surface area contributed by atoms with Crippen molar-refractivity contribution in [2.75, 3.05) is 6.54 Å². The van der Waals surface area contributed by atoms with Crippen LogP contribution < -0.4 is 75.7 Å². The SMILES string of the molecule is C.CCC(C)C(N)C(=O)NC(C(=O)NC(Cc1ccc(Cl)cc1)C(=O)NC(Cc1ccc(Cl)cc1)C(=O)NC(Cc1ccc(Cl)cc1)C(=O)NC(C(=O)NC(C(=O)NC(C(=O)NC(C)C(=O)NC(C)C(=O)NC(C)C(=O)NC(CCCCN)C(N)=O)C(C)CC)C(C)CC)C(C)CC)C(C)CC.